The highest BCUT2D eigenvalue weighted by molar-refractivity contribution is 9.10. The molecule has 0 aliphatic heterocycles. The van der Waals surface area contributed by atoms with Crippen molar-refractivity contribution in [2.24, 2.45) is 5.92 Å². The molecule has 1 heteroatoms. The Labute approximate surface area is 220 Å². The van der Waals surface area contributed by atoms with E-state index in [9.17, 15) is 0 Å². The van der Waals surface area contributed by atoms with E-state index in [-0.39, 0.29) is 0 Å². The second-order valence-electron chi connectivity index (χ2n) is 9.96. The zero-order chi connectivity index (χ0) is 24.2. The average molecular weight is 525 g/mol. The molecule has 1 aliphatic rings. The number of halogens is 1. The molecule has 0 N–H and O–H groups in total. The zero-order valence-corrected chi connectivity index (χ0v) is 21.7. The van der Waals surface area contributed by atoms with E-state index >= 15 is 0 Å². The minimum Gasteiger partial charge on any atom is -0.0616 e. The summed E-state index contributed by atoms with van der Waals surface area (Å²) in [5.74, 6) is 0.485. The Morgan fingerprint density at radius 2 is 1.22 bits per heavy atom. The Hall–Kier alpha value is -3.68. The largest absolute Gasteiger partial charge is 0.0616 e. The lowest BCUT2D eigenvalue weighted by Crippen LogP contribution is -2.09. The average Bonchev–Trinajstić information content (AvgIpc) is 2.93. The first kappa shape index (κ1) is 21.6. The maximum Gasteiger partial charge on any atom is 0.0332 e. The van der Waals surface area contributed by atoms with E-state index in [4.69, 9.17) is 0 Å². The maximum absolute atomic E-state index is 3.90. The first-order valence-corrected chi connectivity index (χ1v) is 13.4. The van der Waals surface area contributed by atoms with Gasteiger partial charge in [-0.1, -0.05) is 110 Å². The monoisotopic (exact) mass is 524 g/mol. The molecule has 0 saturated carbocycles. The summed E-state index contributed by atoms with van der Waals surface area (Å²) in [5, 5.41) is 7.67. The van der Waals surface area contributed by atoms with Crippen LogP contribution in [0.1, 0.15) is 23.6 Å². The molecule has 6 aromatic carbocycles. The number of hydrogen-bond acceptors (Lipinski definition) is 0. The number of fused-ring (bicyclic) bond motifs is 4. The number of allylic oxidation sites excluding steroid dienone is 1. The van der Waals surface area contributed by atoms with Crippen molar-refractivity contribution in [3.8, 4) is 11.1 Å². The third-order valence-corrected chi connectivity index (χ3v) is 8.61. The van der Waals surface area contributed by atoms with Crippen LogP contribution in [0.3, 0.4) is 0 Å². The summed E-state index contributed by atoms with van der Waals surface area (Å²) in [4.78, 5) is 0. The number of hydrogen-bond donors (Lipinski definition) is 0. The molecular formula is C35H25Br. The van der Waals surface area contributed by atoms with Crippen LogP contribution in [0.15, 0.2) is 114 Å². The van der Waals surface area contributed by atoms with E-state index in [2.05, 4.69) is 138 Å². The molecule has 0 saturated heterocycles. The number of benzene rings is 6. The van der Waals surface area contributed by atoms with Gasteiger partial charge in [0, 0.05) is 4.47 Å². The Balaban J connectivity index is 1.44. The number of rotatable bonds is 2. The highest BCUT2D eigenvalue weighted by Crippen LogP contribution is 2.43. The van der Waals surface area contributed by atoms with E-state index in [1.54, 1.807) is 0 Å². The summed E-state index contributed by atoms with van der Waals surface area (Å²) < 4.78 is 1.17. The van der Waals surface area contributed by atoms with E-state index in [1.807, 2.05) is 0 Å². The third-order valence-electron chi connectivity index (χ3n) is 7.75. The zero-order valence-electron chi connectivity index (χ0n) is 20.1. The third kappa shape index (κ3) is 3.42. The van der Waals surface area contributed by atoms with Crippen molar-refractivity contribution in [2.75, 3.05) is 0 Å². The van der Waals surface area contributed by atoms with Gasteiger partial charge in [0.05, 0.1) is 0 Å². The Morgan fingerprint density at radius 1 is 0.611 bits per heavy atom. The van der Waals surface area contributed by atoms with Gasteiger partial charge in [-0.15, -0.1) is 0 Å². The molecule has 0 radical (unpaired) electrons. The lowest BCUT2D eigenvalue weighted by atomic mass is 9.80. The van der Waals surface area contributed by atoms with E-state index in [1.165, 1.54) is 70.2 Å². The molecule has 0 amide bonds. The van der Waals surface area contributed by atoms with Crippen LogP contribution in [0, 0.1) is 5.92 Å². The fourth-order valence-electron chi connectivity index (χ4n) is 5.94. The van der Waals surface area contributed by atoms with Gasteiger partial charge in [0.1, 0.15) is 0 Å². The van der Waals surface area contributed by atoms with Crippen LogP contribution in [0.5, 0.6) is 0 Å². The SMILES string of the molecule is CC1Cc2ccc(-c3c4ccccc4c(Br)c4ccccc34)cc2C=C1c1ccc2ccccc2c1. The second kappa shape index (κ2) is 8.47. The van der Waals surface area contributed by atoms with Gasteiger partial charge < -0.3 is 0 Å². The van der Waals surface area contributed by atoms with Gasteiger partial charge >= 0.3 is 0 Å². The molecule has 6 aromatic rings. The van der Waals surface area contributed by atoms with Gasteiger partial charge in [0.2, 0.25) is 0 Å². The molecule has 172 valence electrons. The molecule has 1 unspecified atom stereocenters. The topological polar surface area (TPSA) is 0 Å². The Kier molecular flexibility index (Phi) is 5.08. The highest BCUT2D eigenvalue weighted by atomic mass is 79.9. The summed E-state index contributed by atoms with van der Waals surface area (Å²) >= 11 is 3.90. The van der Waals surface area contributed by atoms with Crippen LogP contribution in [-0.4, -0.2) is 0 Å². The van der Waals surface area contributed by atoms with Gasteiger partial charge in [0.25, 0.3) is 0 Å². The molecule has 0 aromatic heterocycles. The van der Waals surface area contributed by atoms with Crippen molar-refractivity contribution in [1.82, 2.24) is 0 Å². The van der Waals surface area contributed by atoms with Crippen molar-refractivity contribution in [3.05, 3.63) is 130 Å². The van der Waals surface area contributed by atoms with Crippen molar-refractivity contribution < 1.29 is 0 Å². The first-order chi connectivity index (χ1) is 17.7. The van der Waals surface area contributed by atoms with Crippen molar-refractivity contribution in [2.45, 2.75) is 13.3 Å². The molecule has 0 bridgehead atoms. The minimum atomic E-state index is 0.485. The molecule has 1 aliphatic carbocycles. The molecule has 0 heterocycles. The molecule has 36 heavy (non-hydrogen) atoms. The van der Waals surface area contributed by atoms with E-state index in [0.29, 0.717) is 5.92 Å². The lowest BCUT2D eigenvalue weighted by molar-refractivity contribution is 0.737. The maximum atomic E-state index is 3.90. The predicted molar refractivity (Wildman–Crippen MR) is 159 cm³/mol. The van der Waals surface area contributed by atoms with Crippen LogP contribution in [0.25, 0.3) is 55.1 Å². The summed E-state index contributed by atoms with van der Waals surface area (Å²) in [7, 11) is 0. The van der Waals surface area contributed by atoms with Crippen LogP contribution < -0.4 is 0 Å². The van der Waals surface area contributed by atoms with Gasteiger partial charge in [-0.2, -0.15) is 0 Å². The van der Waals surface area contributed by atoms with Crippen molar-refractivity contribution >= 4 is 59.9 Å². The van der Waals surface area contributed by atoms with Gasteiger partial charge in [-0.25, -0.2) is 0 Å². The molecule has 0 nitrogen and oxygen atoms in total. The fraction of sp³-hybridized carbons (Fsp3) is 0.0857. The first-order valence-electron chi connectivity index (χ1n) is 12.6. The molecule has 0 fully saturated rings. The van der Waals surface area contributed by atoms with E-state index in [0.717, 1.165) is 6.42 Å². The summed E-state index contributed by atoms with van der Waals surface area (Å²) in [5.41, 5.74) is 8.11. The van der Waals surface area contributed by atoms with E-state index < -0.39 is 0 Å². The summed E-state index contributed by atoms with van der Waals surface area (Å²) in [6.45, 7) is 2.35. The van der Waals surface area contributed by atoms with Crippen molar-refractivity contribution in [3.63, 3.8) is 0 Å². The fourth-order valence-corrected chi connectivity index (χ4v) is 6.63. The highest BCUT2D eigenvalue weighted by Gasteiger charge is 2.21. The predicted octanol–water partition coefficient (Wildman–Crippen LogP) is 10.3. The smallest absolute Gasteiger partial charge is 0.0332 e. The summed E-state index contributed by atoms with van der Waals surface area (Å²) in [6, 6.07) is 40.1. The molecule has 0 spiro atoms. The Bertz CT molecular complexity index is 1780. The van der Waals surface area contributed by atoms with Crippen LogP contribution in [0.4, 0.5) is 0 Å². The molecule has 7 rings (SSSR count). The van der Waals surface area contributed by atoms with Gasteiger partial charge in [0.15, 0.2) is 0 Å². The normalized spacial score (nSPS) is 15.3. The lowest BCUT2D eigenvalue weighted by Gasteiger charge is -2.25. The van der Waals surface area contributed by atoms with Gasteiger partial charge in [-0.05, 0) is 106 Å². The van der Waals surface area contributed by atoms with Crippen LogP contribution >= 0.6 is 15.9 Å². The van der Waals surface area contributed by atoms with Gasteiger partial charge in [-0.3, -0.25) is 0 Å². The second-order valence-corrected chi connectivity index (χ2v) is 10.8. The summed E-state index contributed by atoms with van der Waals surface area (Å²) in [6.07, 6.45) is 3.50. The molecule has 1 atom stereocenters. The minimum absolute atomic E-state index is 0.485. The van der Waals surface area contributed by atoms with Crippen molar-refractivity contribution in [1.29, 1.82) is 0 Å². The quantitative estimate of drug-likeness (QED) is 0.197. The standard InChI is InChI=1S/C35H25Br/c1-22-18-25-15-17-27(20-28(25)21-33(22)26-16-14-23-8-2-3-9-24(23)19-26)34-29-10-4-6-12-31(29)35(36)32-13-7-5-11-30(32)34/h2-17,19-22H,18H2,1H3. The van der Waals surface area contributed by atoms with Crippen LogP contribution in [-0.2, 0) is 6.42 Å². The Morgan fingerprint density at radius 3 is 1.94 bits per heavy atom. The van der Waals surface area contributed by atoms with Crippen LogP contribution in [0.2, 0.25) is 0 Å². The molecular weight excluding hydrogens is 500 g/mol.